The molecule has 376 valence electrons. The van der Waals surface area contributed by atoms with Crippen LogP contribution in [0.2, 0.25) is 0 Å². The number of phosphoric acid groups is 1. The van der Waals surface area contributed by atoms with Crippen LogP contribution in [0.15, 0.2) is 72.9 Å². The van der Waals surface area contributed by atoms with E-state index in [2.05, 4.69) is 32.1 Å². The molecule has 0 aromatic rings. The van der Waals surface area contributed by atoms with Crippen LogP contribution >= 0.6 is 7.82 Å². The predicted octanol–water partition coefficient (Wildman–Crippen LogP) is 14.3. The summed E-state index contributed by atoms with van der Waals surface area (Å²) >= 11 is 0. The molecule has 0 fully saturated rings. The average Bonchev–Trinajstić information content (AvgIpc) is 3.26. The molecule has 10 nitrogen and oxygen atoms in total. The Labute approximate surface area is 398 Å². The highest BCUT2D eigenvalue weighted by Crippen LogP contribution is 2.43. The highest BCUT2D eigenvalue weighted by atomic mass is 31.2. The lowest BCUT2D eigenvalue weighted by Gasteiger charge is -2.24. The standard InChI is InChI=1S/C54H96NO9P/c1-6-8-10-12-14-15-16-17-18-19-20-21-22-23-24-25-26-30-33-37-41-45-53(57)61-49-52(50-63-65(59,60)62-48-47-55(3,4)5)64-54(58)46-42-38-34-31-28-27-29-32-36-40-44-51(56)43-39-35-13-11-9-7-2/h9,11,27-28,32,34-36,38-40,44,51-52,56H,6-8,10,12-26,29-31,33,37,41-43,45-50H2,1-5H3/p+1/b11-9-,28-27-,36-32-,38-34-,39-35-,44-40+/t51?,52-/m1/s1. The minimum absolute atomic E-state index is 0.00688. The Morgan fingerprint density at radius 1 is 0.569 bits per heavy atom. The monoisotopic (exact) mass is 935 g/mol. The number of aliphatic hydroxyl groups excluding tert-OH is 1. The largest absolute Gasteiger partial charge is 0.472 e. The third-order valence-corrected chi connectivity index (χ3v) is 11.8. The van der Waals surface area contributed by atoms with Crippen molar-refractivity contribution in [1.82, 2.24) is 0 Å². The number of nitrogens with zero attached hydrogens (tertiary/aromatic N) is 1. The minimum Gasteiger partial charge on any atom is -0.462 e. The molecule has 2 N–H and O–H groups in total. The number of hydrogen-bond acceptors (Lipinski definition) is 8. The molecule has 0 bridgehead atoms. The van der Waals surface area contributed by atoms with Gasteiger partial charge in [-0.15, -0.1) is 0 Å². The second kappa shape index (κ2) is 45.2. The van der Waals surface area contributed by atoms with Gasteiger partial charge in [0.2, 0.25) is 0 Å². The molecule has 0 radical (unpaired) electrons. The summed E-state index contributed by atoms with van der Waals surface area (Å²) in [4.78, 5) is 35.5. The number of quaternary nitrogens is 1. The van der Waals surface area contributed by atoms with Gasteiger partial charge in [-0.1, -0.05) is 215 Å². The van der Waals surface area contributed by atoms with E-state index in [1.165, 1.54) is 116 Å². The zero-order chi connectivity index (χ0) is 48.0. The maximum Gasteiger partial charge on any atom is 0.472 e. The van der Waals surface area contributed by atoms with Crippen molar-refractivity contribution < 1.29 is 47.2 Å². The molecule has 0 saturated heterocycles. The quantitative estimate of drug-likeness (QED) is 0.0153. The Kier molecular flexibility index (Phi) is 43.4. The van der Waals surface area contributed by atoms with E-state index in [1.807, 2.05) is 69.8 Å². The lowest BCUT2D eigenvalue weighted by Crippen LogP contribution is -2.37. The van der Waals surface area contributed by atoms with Gasteiger partial charge < -0.3 is 24.0 Å². The molecular formula is C54H97NO9P+. The van der Waals surface area contributed by atoms with E-state index in [0.29, 0.717) is 30.3 Å². The van der Waals surface area contributed by atoms with Crippen molar-refractivity contribution in [3.05, 3.63) is 72.9 Å². The topological polar surface area (TPSA) is 129 Å². The van der Waals surface area contributed by atoms with Crippen molar-refractivity contribution in [2.75, 3.05) is 47.5 Å². The molecule has 0 heterocycles. The van der Waals surface area contributed by atoms with Crippen molar-refractivity contribution in [2.45, 2.75) is 212 Å². The molecule has 0 aromatic heterocycles. The number of hydrogen-bond donors (Lipinski definition) is 2. The molecule has 2 unspecified atom stereocenters. The summed E-state index contributed by atoms with van der Waals surface area (Å²) in [7, 11) is 1.40. The number of allylic oxidation sites excluding steroid dienone is 10. The number of rotatable bonds is 46. The van der Waals surface area contributed by atoms with Gasteiger partial charge in [0, 0.05) is 12.8 Å². The number of likely N-dealkylation sites (N-methyl/N-ethyl adjacent to an activating group) is 1. The summed E-state index contributed by atoms with van der Waals surface area (Å²) in [6.07, 6.45) is 54.3. The van der Waals surface area contributed by atoms with Gasteiger partial charge >= 0.3 is 19.8 Å². The van der Waals surface area contributed by atoms with Crippen LogP contribution in [0.4, 0.5) is 0 Å². The van der Waals surface area contributed by atoms with Crippen molar-refractivity contribution in [2.24, 2.45) is 0 Å². The number of carbonyl (C=O) groups excluding carboxylic acids is 2. The highest BCUT2D eigenvalue weighted by molar-refractivity contribution is 7.47. The SMILES string of the molecule is CC/C=C\C/C=C\CC(O)/C=C/C=C\C/C=C\C/C=C\CCC(=O)O[C@H](COC(=O)CCCCCCCCCCCCCCCCCCCCCCC)COP(=O)(O)OCC[N+](C)(C)C. The first kappa shape index (κ1) is 62.4. The summed E-state index contributed by atoms with van der Waals surface area (Å²) in [6.45, 7) is 4.16. The smallest absolute Gasteiger partial charge is 0.462 e. The van der Waals surface area contributed by atoms with Gasteiger partial charge in [-0.05, 0) is 44.9 Å². The lowest BCUT2D eigenvalue weighted by atomic mass is 10.0. The third kappa shape index (κ3) is 49.1. The predicted molar refractivity (Wildman–Crippen MR) is 272 cm³/mol. The fourth-order valence-electron chi connectivity index (χ4n) is 6.83. The Morgan fingerprint density at radius 2 is 1.06 bits per heavy atom. The molecule has 0 aromatic carbocycles. The van der Waals surface area contributed by atoms with Crippen molar-refractivity contribution in [3.63, 3.8) is 0 Å². The maximum atomic E-state index is 12.7. The van der Waals surface area contributed by atoms with Crippen LogP contribution in [0.5, 0.6) is 0 Å². The van der Waals surface area contributed by atoms with Gasteiger partial charge in [0.05, 0.1) is 33.9 Å². The maximum absolute atomic E-state index is 12.7. The number of ether oxygens (including phenoxy) is 2. The Hall–Kier alpha value is -2.59. The van der Waals surface area contributed by atoms with Crippen LogP contribution in [-0.4, -0.2) is 86.1 Å². The summed E-state index contributed by atoms with van der Waals surface area (Å²) in [5.74, 6) is -0.923. The molecule has 11 heteroatoms. The number of phosphoric ester groups is 1. The molecule has 0 saturated carbocycles. The summed E-state index contributed by atoms with van der Waals surface area (Å²) in [5.41, 5.74) is 0. The number of esters is 2. The first-order valence-electron chi connectivity index (χ1n) is 25.8. The van der Waals surface area contributed by atoms with E-state index in [9.17, 15) is 24.2 Å². The van der Waals surface area contributed by atoms with Gasteiger partial charge in [-0.3, -0.25) is 18.6 Å². The van der Waals surface area contributed by atoms with Crippen LogP contribution in [-0.2, 0) is 32.7 Å². The second-order valence-corrected chi connectivity index (χ2v) is 19.8. The van der Waals surface area contributed by atoms with Crippen molar-refractivity contribution in [3.8, 4) is 0 Å². The zero-order valence-corrected chi connectivity index (χ0v) is 43.0. The van der Waals surface area contributed by atoms with Gasteiger partial charge in [0.1, 0.15) is 19.8 Å². The van der Waals surface area contributed by atoms with Gasteiger partial charge in [-0.2, -0.15) is 0 Å². The molecule has 0 aliphatic rings. The van der Waals surface area contributed by atoms with E-state index in [4.69, 9.17) is 18.5 Å². The van der Waals surface area contributed by atoms with Crippen molar-refractivity contribution >= 4 is 19.8 Å². The van der Waals surface area contributed by atoms with Crippen LogP contribution in [0.1, 0.15) is 200 Å². The first-order chi connectivity index (χ1) is 31.4. The summed E-state index contributed by atoms with van der Waals surface area (Å²) in [5, 5.41) is 10.0. The van der Waals surface area contributed by atoms with Crippen LogP contribution < -0.4 is 0 Å². The third-order valence-electron chi connectivity index (χ3n) is 10.8. The average molecular weight is 935 g/mol. The Balaban J connectivity index is 4.39. The molecule has 0 aliphatic carbocycles. The molecule has 0 spiro atoms. The molecule has 0 rings (SSSR count). The van der Waals surface area contributed by atoms with Gasteiger partial charge in [0.25, 0.3) is 0 Å². The van der Waals surface area contributed by atoms with Gasteiger partial charge in [0.15, 0.2) is 6.10 Å². The number of carbonyl (C=O) groups is 2. The highest BCUT2D eigenvalue weighted by Gasteiger charge is 2.27. The van der Waals surface area contributed by atoms with E-state index >= 15 is 0 Å². The molecular weight excluding hydrogens is 838 g/mol. The van der Waals surface area contributed by atoms with Crippen LogP contribution in [0, 0.1) is 0 Å². The number of unbranched alkanes of at least 4 members (excludes halogenated alkanes) is 20. The summed E-state index contributed by atoms with van der Waals surface area (Å²) < 4.78 is 34.3. The Morgan fingerprint density at radius 3 is 1.60 bits per heavy atom. The Bertz CT molecular complexity index is 1350. The van der Waals surface area contributed by atoms with Crippen molar-refractivity contribution in [1.29, 1.82) is 0 Å². The first-order valence-corrected chi connectivity index (χ1v) is 27.3. The fourth-order valence-corrected chi connectivity index (χ4v) is 7.57. The fraction of sp³-hybridized carbons (Fsp3) is 0.741. The molecule has 0 amide bonds. The minimum atomic E-state index is -4.42. The van der Waals surface area contributed by atoms with E-state index in [-0.39, 0.29) is 26.1 Å². The normalized spacial score (nSPS) is 14.5. The lowest BCUT2D eigenvalue weighted by molar-refractivity contribution is -0.870. The second-order valence-electron chi connectivity index (χ2n) is 18.4. The zero-order valence-electron chi connectivity index (χ0n) is 42.1. The molecule has 0 aliphatic heterocycles. The van der Waals surface area contributed by atoms with Crippen LogP contribution in [0.3, 0.4) is 0 Å². The molecule has 65 heavy (non-hydrogen) atoms. The van der Waals surface area contributed by atoms with E-state index in [1.54, 1.807) is 6.08 Å². The van der Waals surface area contributed by atoms with E-state index < -0.39 is 38.6 Å². The van der Waals surface area contributed by atoms with Crippen LogP contribution in [0.25, 0.3) is 0 Å². The molecule has 3 atom stereocenters. The van der Waals surface area contributed by atoms with Gasteiger partial charge in [-0.25, -0.2) is 4.57 Å². The number of aliphatic hydroxyl groups is 1. The van der Waals surface area contributed by atoms with E-state index in [0.717, 1.165) is 38.5 Å². The summed E-state index contributed by atoms with van der Waals surface area (Å²) in [6, 6.07) is 0.